The van der Waals surface area contributed by atoms with Gasteiger partial charge in [0, 0.05) is 19.1 Å². The topological polar surface area (TPSA) is 38.7 Å². The lowest BCUT2D eigenvalue weighted by Gasteiger charge is -2.28. The van der Waals surface area contributed by atoms with Crippen molar-refractivity contribution in [2.75, 3.05) is 13.1 Å². The van der Waals surface area contributed by atoms with E-state index >= 15 is 0 Å². The Hall–Kier alpha value is -0.320. The molecule has 0 spiro atoms. The van der Waals surface area contributed by atoms with Gasteiger partial charge in [-0.05, 0) is 33.6 Å². The maximum absolute atomic E-state index is 11.9. The van der Waals surface area contributed by atoms with Crippen molar-refractivity contribution in [1.82, 2.24) is 4.90 Å². The average Bonchev–Trinajstić information content (AvgIpc) is 2.33. The minimum Gasteiger partial charge on any atom is -0.591 e. The highest BCUT2D eigenvalue weighted by Gasteiger charge is 2.26. The maximum atomic E-state index is 11.9. The summed E-state index contributed by atoms with van der Waals surface area (Å²) in [5.74, 6) is 0.643. The van der Waals surface area contributed by atoms with Crippen LogP contribution in [0.5, 0.6) is 0 Å². The standard InChI is InChI=1S/C15H30N2OS/c1-8-10-17(12-13(3)9-2)14(4)11-16-19(18)15(5,6)7/h8,11,13-14H,1,9-10,12H2,2-7H3. The van der Waals surface area contributed by atoms with Gasteiger partial charge in [0.1, 0.15) is 16.1 Å². The average molecular weight is 286 g/mol. The second-order valence-electron chi connectivity index (χ2n) is 6.11. The van der Waals surface area contributed by atoms with Crippen molar-refractivity contribution in [3.63, 3.8) is 0 Å². The number of hydrogen-bond donors (Lipinski definition) is 0. The summed E-state index contributed by atoms with van der Waals surface area (Å²) >= 11 is -1.18. The normalized spacial score (nSPS) is 17.7. The van der Waals surface area contributed by atoms with Gasteiger partial charge in [-0.25, -0.2) is 0 Å². The van der Waals surface area contributed by atoms with Crippen molar-refractivity contribution in [2.24, 2.45) is 10.3 Å². The Bertz CT molecular complexity index is 286. The van der Waals surface area contributed by atoms with Crippen LogP contribution in [0.1, 0.15) is 48.0 Å². The lowest BCUT2D eigenvalue weighted by atomic mass is 10.1. The summed E-state index contributed by atoms with van der Waals surface area (Å²) in [7, 11) is 0. The summed E-state index contributed by atoms with van der Waals surface area (Å²) in [6.07, 6.45) is 4.88. The Labute approximate surface area is 122 Å². The molecule has 0 fully saturated rings. The molecule has 0 bridgehead atoms. The van der Waals surface area contributed by atoms with Crippen LogP contribution >= 0.6 is 0 Å². The van der Waals surface area contributed by atoms with Gasteiger partial charge in [-0.2, -0.15) is 0 Å². The molecule has 112 valence electrons. The SMILES string of the molecule is C=CCN(CC(C)CC)C(C)C=N[S+]([O-])C(C)(C)C. The molecule has 0 aliphatic rings. The van der Waals surface area contributed by atoms with Crippen molar-refractivity contribution >= 4 is 17.6 Å². The highest BCUT2D eigenvalue weighted by Crippen LogP contribution is 2.17. The van der Waals surface area contributed by atoms with E-state index in [1.54, 1.807) is 0 Å². The molecule has 0 aliphatic carbocycles. The van der Waals surface area contributed by atoms with Crippen molar-refractivity contribution in [3.8, 4) is 0 Å². The van der Waals surface area contributed by atoms with Crippen LogP contribution in [0.2, 0.25) is 0 Å². The molecule has 3 atom stereocenters. The third kappa shape index (κ3) is 7.75. The Morgan fingerprint density at radius 1 is 1.37 bits per heavy atom. The zero-order valence-corrected chi connectivity index (χ0v) is 14.2. The monoisotopic (exact) mass is 286 g/mol. The molecular formula is C15H30N2OS. The Morgan fingerprint density at radius 3 is 2.37 bits per heavy atom. The fourth-order valence-corrected chi connectivity index (χ4v) is 2.10. The van der Waals surface area contributed by atoms with E-state index in [2.05, 4.69) is 36.6 Å². The van der Waals surface area contributed by atoms with Crippen LogP contribution in [0.4, 0.5) is 0 Å². The first kappa shape index (κ1) is 18.7. The predicted octanol–water partition coefficient (Wildman–Crippen LogP) is 3.44. The van der Waals surface area contributed by atoms with Crippen LogP contribution in [-0.2, 0) is 11.4 Å². The molecule has 0 saturated heterocycles. The predicted molar refractivity (Wildman–Crippen MR) is 87.1 cm³/mol. The molecule has 0 radical (unpaired) electrons. The zero-order chi connectivity index (χ0) is 15.1. The summed E-state index contributed by atoms with van der Waals surface area (Å²) in [5.41, 5.74) is 0. The van der Waals surface area contributed by atoms with E-state index in [1.165, 1.54) is 0 Å². The minimum absolute atomic E-state index is 0.179. The van der Waals surface area contributed by atoms with Gasteiger partial charge in [0.2, 0.25) is 0 Å². The van der Waals surface area contributed by atoms with E-state index in [9.17, 15) is 4.55 Å². The van der Waals surface area contributed by atoms with Gasteiger partial charge in [-0.3, -0.25) is 4.90 Å². The van der Waals surface area contributed by atoms with Crippen LogP contribution in [0, 0.1) is 5.92 Å². The number of nitrogens with zero attached hydrogens (tertiary/aromatic N) is 2. The Kier molecular flexibility index (Phi) is 8.62. The lowest BCUT2D eigenvalue weighted by molar-refractivity contribution is 0.241. The number of rotatable bonds is 8. The molecule has 19 heavy (non-hydrogen) atoms. The largest absolute Gasteiger partial charge is 0.591 e. The second kappa shape index (κ2) is 8.77. The molecular weight excluding hydrogens is 256 g/mol. The van der Waals surface area contributed by atoms with Gasteiger partial charge < -0.3 is 4.55 Å². The molecule has 0 rings (SSSR count). The van der Waals surface area contributed by atoms with Crippen molar-refractivity contribution in [1.29, 1.82) is 0 Å². The van der Waals surface area contributed by atoms with Gasteiger partial charge in [0.25, 0.3) is 0 Å². The summed E-state index contributed by atoms with van der Waals surface area (Å²) in [4.78, 5) is 2.31. The molecule has 0 saturated carbocycles. The molecule has 3 unspecified atom stereocenters. The lowest BCUT2D eigenvalue weighted by Crippen LogP contribution is -2.38. The molecule has 0 heterocycles. The van der Waals surface area contributed by atoms with Crippen molar-refractivity contribution in [2.45, 2.75) is 58.8 Å². The van der Waals surface area contributed by atoms with E-state index in [0.29, 0.717) is 5.92 Å². The van der Waals surface area contributed by atoms with Crippen LogP contribution < -0.4 is 0 Å². The second-order valence-corrected chi connectivity index (χ2v) is 8.05. The molecule has 0 aromatic heterocycles. The van der Waals surface area contributed by atoms with E-state index in [0.717, 1.165) is 19.5 Å². The molecule has 0 amide bonds. The first-order chi connectivity index (χ1) is 8.72. The smallest absolute Gasteiger partial charge is 0.144 e. The minimum atomic E-state index is -1.18. The summed E-state index contributed by atoms with van der Waals surface area (Å²) in [6.45, 7) is 18.0. The van der Waals surface area contributed by atoms with Gasteiger partial charge in [0.05, 0.1) is 6.21 Å². The molecule has 4 heteroatoms. The summed E-state index contributed by atoms with van der Waals surface area (Å²) in [6, 6.07) is 0.179. The van der Waals surface area contributed by atoms with Crippen molar-refractivity contribution in [3.05, 3.63) is 12.7 Å². The van der Waals surface area contributed by atoms with Crippen LogP contribution in [0.25, 0.3) is 0 Å². The van der Waals surface area contributed by atoms with Crippen LogP contribution in [-0.4, -0.2) is 39.5 Å². The zero-order valence-electron chi connectivity index (χ0n) is 13.3. The van der Waals surface area contributed by atoms with E-state index in [-0.39, 0.29) is 10.8 Å². The molecule has 0 aromatic rings. The van der Waals surface area contributed by atoms with Gasteiger partial charge in [-0.15, -0.1) is 6.58 Å². The third-order valence-corrected chi connectivity index (χ3v) is 4.44. The molecule has 0 aromatic carbocycles. The van der Waals surface area contributed by atoms with E-state index in [1.807, 2.05) is 33.1 Å². The van der Waals surface area contributed by atoms with E-state index < -0.39 is 11.4 Å². The first-order valence-corrected chi connectivity index (χ1v) is 8.14. The highest BCUT2D eigenvalue weighted by molar-refractivity contribution is 7.91. The number of hydrogen-bond acceptors (Lipinski definition) is 3. The van der Waals surface area contributed by atoms with Crippen LogP contribution in [0.15, 0.2) is 17.1 Å². The van der Waals surface area contributed by atoms with Gasteiger partial charge >= 0.3 is 0 Å². The van der Waals surface area contributed by atoms with Gasteiger partial charge in [0.15, 0.2) is 0 Å². The Morgan fingerprint density at radius 2 is 1.95 bits per heavy atom. The van der Waals surface area contributed by atoms with E-state index in [4.69, 9.17) is 0 Å². The fourth-order valence-electron chi connectivity index (χ4n) is 1.50. The molecule has 0 aliphatic heterocycles. The van der Waals surface area contributed by atoms with Crippen molar-refractivity contribution < 1.29 is 4.55 Å². The summed E-state index contributed by atoms with van der Waals surface area (Å²) < 4.78 is 15.8. The fraction of sp³-hybridized carbons (Fsp3) is 0.800. The quantitative estimate of drug-likeness (QED) is 0.389. The highest BCUT2D eigenvalue weighted by atomic mass is 32.2. The Balaban J connectivity index is 4.59. The summed E-state index contributed by atoms with van der Waals surface area (Å²) in [5, 5.41) is 0. The maximum Gasteiger partial charge on any atom is 0.144 e. The third-order valence-electron chi connectivity index (χ3n) is 3.08. The van der Waals surface area contributed by atoms with Crippen LogP contribution in [0.3, 0.4) is 0 Å². The first-order valence-electron chi connectivity index (χ1n) is 7.03. The molecule has 0 N–H and O–H groups in total. The molecule has 3 nitrogen and oxygen atoms in total. The van der Waals surface area contributed by atoms with Gasteiger partial charge in [-0.1, -0.05) is 30.7 Å².